The Morgan fingerprint density at radius 3 is 2.73 bits per heavy atom. The molecule has 0 amide bonds. The van der Waals surface area contributed by atoms with Crippen LogP contribution < -0.4 is 0 Å². The Labute approximate surface area is 155 Å². The van der Waals surface area contributed by atoms with Crippen molar-refractivity contribution in [3.63, 3.8) is 0 Å². The number of methoxy groups -OCH3 is 2. The molecule has 5 heteroatoms. The van der Waals surface area contributed by atoms with Crippen LogP contribution in [0.3, 0.4) is 0 Å². The summed E-state index contributed by atoms with van der Waals surface area (Å²) >= 11 is 0. The smallest absolute Gasteiger partial charge is 0.0847 e. The maximum atomic E-state index is 6.05. The lowest BCUT2D eigenvalue weighted by Crippen LogP contribution is -2.51. The number of aryl methyl sites for hydroxylation is 1. The van der Waals surface area contributed by atoms with Crippen molar-refractivity contribution in [1.82, 2.24) is 14.7 Å². The number of rotatable bonds is 5. The Morgan fingerprint density at radius 2 is 2.00 bits per heavy atom. The van der Waals surface area contributed by atoms with E-state index in [1.807, 2.05) is 37.1 Å². The summed E-state index contributed by atoms with van der Waals surface area (Å²) in [6, 6.07) is 10.7. The number of ether oxygens (including phenoxy) is 2. The van der Waals surface area contributed by atoms with E-state index in [0.717, 1.165) is 50.2 Å². The number of aromatic nitrogens is 2. The highest BCUT2D eigenvalue weighted by atomic mass is 16.5. The first-order chi connectivity index (χ1) is 12.6. The summed E-state index contributed by atoms with van der Waals surface area (Å²) in [6.07, 6.45) is 6.86. The topological polar surface area (TPSA) is 39.5 Å². The first kappa shape index (κ1) is 17.7. The molecule has 0 unspecified atom stereocenters. The standard InChI is InChI=1S/C21H29N3O2/c1-16-17(15-24(22-16)18-7-5-4-6-8-18)14-23-12-11-21(26-3)10-9-19(25-2)13-20(21)23/h4-8,15,19-20H,9-14H2,1-3H3/t19-,20-,21+/m0/s1. The summed E-state index contributed by atoms with van der Waals surface area (Å²) in [7, 11) is 3.71. The molecule has 1 aliphatic heterocycles. The van der Waals surface area contributed by atoms with Crippen molar-refractivity contribution >= 4 is 0 Å². The van der Waals surface area contributed by atoms with E-state index in [9.17, 15) is 0 Å². The highest BCUT2D eigenvalue weighted by Crippen LogP contribution is 2.43. The number of fused-ring (bicyclic) bond motifs is 1. The molecule has 0 spiro atoms. The number of nitrogens with zero attached hydrogens (tertiary/aromatic N) is 3. The molecule has 2 aromatic rings. The van der Waals surface area contributed by atoms with E-state index in [1.54, 1.807) is 0 Å². The van der Waals surface area contributed by atoms with Gasteiger partial charge in [0.15, 0.2) is 0 Å². The van der Waals surface area contributed by atoms with Crippen LogP contribution in [0.5, 0.6) is 0 Å². The predicted molar refractivity (Wildman–Crippen MR) is 102 cm³/mol. The molecule has 140 valence electrons. The summed E-state index contributed by atoms with van der Waals surface area (Å²) in [6.45, 7) is 4.10. The quantitative estimate of drug-likeness (QED) is 0.825. The first-order valence-corrected chi connectivity index (χ1v) is 9.58. The number of hydrogen-bond acceptors (Lipinski definition) is 4. The summed E-state index contributed by atoms with van der Waals surface area (Å²) in [5.41, 5.74) is 3.49. The van der Waals surface area contributed by atoms with Crippen molar-refractivity contribution in [2.24, 2.45) is 0 Å². The monoisotopic (exact) mass is 355 g/mol. The van der Waals surface area contributed by atoms with E-state index in [2.05, 4.69) is 30.2 Å². The fraction of sp³-hybridized carbons (Fsp3) is 0.571. The van der Waals surface area contributed by atoms with E-state index in [0.29, 0.717) is 12.1 Å². The zero-order valence-corrected chi connectivity index (χ0v) is 16.0. The minimum atomic E-state index is -0.00163. The van der Waals surface area contributed by atoms with Crippen molar-refractivity contribution in [1.29, 1.82) is 0 Å². The number of hydrogen-bond donors (Lipinski definition) is 0. The third-order valence-corrected chi connectivity index (χ3v) is 6.38. The highest BCUT2D eigenvalue weighted by Gasteiger charge is 2.51. The molecule has 0 N–H and O–H groups in total. The normalized spacial score (nSPS) is 29.0. The molecular weight excluding hydrogens is 326 g/mol. The van der Waals surface area contributed by atoms with E-state index in [4.69, 9.17) is 14.6 Å². The van der Waals surface area contributed by atoms with Crippen molar-refractivity contribution in [2.45, 2.75) is 56.9 Å². The molecule has 26 heavy (non-hydrogen) atoms. The Bertz CT molecular complexity index is 745. The molecule has 4 rings (SSSR count). The molecule has 5 nitrogen and oxygen atoms in total. The van der Waals surface area contributed by atoms with Gasteiger partial charge in [0.05, 0.1) is 23.1 Å². The van der Waals surface area contributed by atoms with Crippen LogP contribution in [0.4, 0.5) is 0 Å². The average Bonchev–Trinajstić information content (AvgIpc) is 3.24. The van der Waals surface area contributed by atoms with Gasteiger partial charge in [-0.15, -0.1) is 0 Å². The minimum Gasteiger partial charge on any atom is -0.381 e. The summed E-state index contributed by atoms with van der Waals surface area (Å²) in [5, 5.41) is 4.73. The van der Waals surface area contributed by atoms with Gasteiger partial charge in [-0.05, 0) is 44.7 Å². The number of para-hydroxylation sites is 1. The molecule has 1 aromatic heterocycles. The van der Waals surface area contributed by atoms with Crippen LogP contribution in [0.2, 0.25) is 0 Å². The second-order valence-electron chi connectivity index (χ2n) is 7.66. The van der Waals surface area contributed by atoms with Crippen LogP contribution in [-0.2, 0) is 16.0 Å². The van der Waals surface area contributed by atoms with Crippen molar-refractivity contribution in [3.8, 4) is 5.69 Å². The van der Waals surface area contributed by atoms with Gasteiger partial charge in [0.2, 0.25) is 0 Å². The molecule has 2 heterocycles. The molecule has 1 aliphatic carbocycles. The van der Waals surface area contributed by atoms with E-state index in [1.165, 1.54) is 5.56 Å². The molecule has 1 saturated heterocycles. The molecule has 3 atom stereocenters. The SMILES string of the molecule is CO[C@H]1CC[C@@]2(OC)CCN(Cc3cn(-c4ccccc4)nc3C)[C@H]2C1. The van der Waals surface area contributed by atoms with Crippen LogP contribution >= 0.6 is 0 Å². The maximum Gasteiger partial charge on any atom is 0.0847 e. The van der Waals surface area contributed by atoms with Crippen LogP contribution in [0.25, 0.3) is 5.69 Å². The molecule has 1 saturated carbocycles. The summed E-state index contributed by atoms with van der Waals surface area (Å²) in [5.74, 6) is 0. The van der Waals surface area contributed by atoms with Crippen molar-refractivity contribution in [3.05, 3.63) is 47.8 Å². The second kappa shape index (κ2) is 7.14. The lowest BCUT2D eigenvalue weighted by molar-refractivity contribution is -0.0947. The van der Waals surface area contributed by atoms with Gasteiger partial charge >= 0.3 is 0 Å². The fourth-order valence-electron chi connectivity index (χ4n) is 4.74. The number of benzene rings is 1. The first-order valence-electron chi connectivity index (χ1n) is 9.58. The molecule has 0 radical (unpaired) electrons. The van der Waals surface area contributed by atoms with Gasteiger partial charge < -0.3 is 9.47 Å². The highest BCUT2D eigenvalue weighted by molar-refractivity contribution is 5.32. The predicted octanol–water partition coefficient (Wildman–Crippen LogP) is 3.34. The zero-order valence-electron chi connectivity index (χ0n) is 16.0. The van der Waals surface area contributed by atoms with Gasteiger partial charge in [-0.1, -0.05) is 18.2 Å². The van der Waals surface area contributed by atoms with Crippen LogP contribution in [0.15, 0.2) is 36.5 Å². The Balaban J connectivity index is 1.55. The molecular formula is C21H29N3O2. The lowest BCUT2D eigenvalue weighted by atomic mass is 9.79. The Morgan fingerprint density at radius 1 is 1.19 bits per heavy atom. The molecule has 2 fully saturated rings. The van der Waals surface area contributed by atoms with Gasteiger partial charge in [0, 0.05) is 45.1 Å². The van der Waals surface area contributed by atoms with Crippen LogP contribution in [0.1, 0.15) is 36.9 Å². The summed E-state index contributed by atoms with van der Waals surface area (Å²) < 4.78 is 13.7. The molecule has 2 aliphatic rings. The minimum absolute atomic E-state index is 0.00163. The zero-order chi connectivity index (χ0) is 18.1. The third kappa shape index (κ3) is 3.08. The molecule has 0 bridgehead atoms. The van der Waals surface area contributed by atoms with Crippen LogP contribution in [-0.4, -0.2) is 53.2 Å². The largest absolute Gasteiger partial charge is 0.381 e. The van der Waals surface area contributed by atoms with E-state index >= 15 is 0 Å². The van der Waals surface area contributed by atoms with Gasteiger partial charge in [-0.2, -0.15) is 5.10 Å². The average molecular weight is 355 g/mol. The fourth-order valence-corrected chi connectivity index (χ4v) is 4.74. The third-order valence-electron chi connectivity index (χ3n) is 6.38. The number of likely N-dealkylation sites (tertiary alicyclic amines) is 1. The van der Waals surface area contributed by atoms with Gasteiger partial charge in [-0.25, -0.2) is 4.68 Å². The molecule has 1 aromatic carbocycles. The van der Waals surface area contributed by atoms with Crippen molar-refractivity contribution in [2.75, 3.05) is 20.8 Å². The lowest BCUT2D eigenvalue weighted by Gasteiger charge is -2.43. The second-order valence-corrected chi connectivity index (χ2v) is 7.66. The van der Waals surface area contributed by atoms with Crippen molar-refractivity contribution < 1.29 is 9.47 Å². The van der Waals surface area contributed by atoms with Gasteiger partial charge in [0.1, 0.15) is 0 Å². The van der Waals surface area contributed by atoms with Crippen LogP contribution in [0, 0.1) is 6.92 Å². The van der Waals surface area contributed by atoms with E-state index < -0.39 is 0 Å². The Hall–Kier alpha value is -1.69. The maximum absolute atomic E-state index is 6.05. The summed E-state index contributed by atoms with van der Waals surface area (Å²) in [4.78, 5) is 2.58. The Kier molecular flexibility index (Phi) is 4.86. The van der Waals surface area contributed by atoms with Gasteiger partial charge in [-0.3, -0.25) is 4.90 Å². The van der Waals surface area contributed by atoms with E-state index in [-0.39, 0.29) is 5.60 Å². The van der Waals surface area contributed by atoms with Gasteiger partial charge in [0.25, 0.3) is 0 Å².